The highest BCUT2D eigenvalue weighted by Crippen LogP contribution is 2.34. The van der Waals surface area contributed by atoms with Crippen LogP contribution in [0.3, 0.4) is 0 Å². The van der Waals surface area contributed by atoms with E-state index in [1.807, 2.05) is 19.1 Å². The van der Waals surface area contributed by atoms with Gasteiger partial charge in [-0.2, -0.15) is 0 Å². The van der Waals surface area contributed by atoms with Crippen LogP contribution < -0.4 is 0 Å². The van der Waals surface area contributed by atoms with E-state index < -0.39 is 12.0 Å². The highest BCUT2D eigenvalue weighted by molar-refractivity contribution is 5.81. The van der Waals surface area contributed by atoms with Gasteiger partial charge in [0.1, 0.15) is 12.6 Å². The topological polar surface area (TPSA) is 54.4 Å². The molecule has 0 aromatic rings. The number of carbonyl (C=O) groups excluding carboxylic acids is 2. The molecule has 1 aliphatic rings. The fraction of sp³-hybridized carbons (Fsp3) is 0.600. The van der Waals surface area contributed by atoms with E-state index in [2.05, 4.69) is 26.8 Å². The van der Waals surface area contributed by atoms with Crippen LogP contribution >= 0.6 is 0 Å². The van der Waals surface area contributed by atoms with Crippen LogP contribution in [0.15, 0.2) is 34.9 Å². The molecule has 3 heteroatoms. The Morgan fingerprint density at radius 2 is 2.04 bits per heavy atom. The smallest absolute Gasteiger partial charge is 0.146 e. The van der Waals surface area contributed by atoms with Crippen LogP contribution in [0.4, 0.5) is 0 Å². The van der Waals surface area contributed by atoms with Gasteiger partial charge >= 0.3 is 0 Å². The lowest BCUT2D eigenvalue weighted by molar-refractivity contribution is -0.116. The molecule has 0 aliphatic heterocycles. The first-order valence-electron chi connectivity index (χ1n) is 8.48. The Morgan fingerprint density at radius 1 is 1.35 bits per heavy atom. The van der Waals surface area contributed by atoms with Crippen molar-refractivity contribution in [1.29, 1.82) is 0 Å². The Kier molecular flexibility index (Phi) is 8.18. The molecule has 1 aliphatic carbocycles. The third-order valence-electron chi connectivity index (χ3n) is 4.71. The summed E-state index contributed by atoms with van der Waals surface area (Å²) in [5, 5.41) is 10.7. The second-order valence-electron chi connectivity index (χ2n) is 6.95. The van der Waals surface area contributed by atoms with Crippen molar-refractivity contribution in [2.45, 2.75) is 59.5 Å². The molecule has 0 fully saturated rings. The van der Waals surface area contributed by atoms with Crippen LogP contribution in [0.25, 0.3) is 0 Å². The molecule has 0 unspecified atom stereocenters. The lowest BCUT2D eigenvalue weighted by Crippen LogP contribution is -2.35. The first-order chi connectivity index (χ1) is 10.9. The largest absolute Gasteiger partial charge is 0.392 e. The molecule has 3 nitrogen and oxygen atoms in total. The van der Waals surface area contributed by atoms with Crippen LogP contribution in [-0.2, 0) is 9.59 Å². The maximum absolute atomic E-state index is 11.7. The molecule has 0 aromatic heterocycles. The molecule has 0 aromatic carbocycles. The van der Waals surface area contributed by atoms with E-state index in [1.165, 1.54) is 5.57 Å². The molecule has 0 spiro atoms. The van der Waals surface area contributed by atoms with Crippen LogP contribution in [0.1, 0.15) is 53.4 Å². The van der Waals surface area contributed by atoms with Crippen molar-refractivity contribution in [3.63, 3.8) is 0 Å². The van der Waals surface area contributed by atoms with Gasteiger partial charge in [-0.3, -0.25) is 4.79 Å². The minimum absolute atomic E-state index is 0.157. The van der Waals surface area contributed by atoms with Gasteiger partial charge in [0.25, 0.3) is 0 Å². The average Bonchev–Trinajstić information content (AvgIpc) is 2.53. The van der Waals surface area contributed by atoms with Crippen molar-refractivity contribution in [2.24, 2.45) is 17.8 Å². The molecule has 128 valence electrons. The van der Waals surface area contributed by atoms with Gasteiger partial charge in [0, 0.05) is 11.8 Å². The number of aldehydes is 2. The van der Waals surface area contributed by atoms with Crippen molar-refractivity contribution < 1.29 is 14.7 Å². The highest BCUT2D eigenvalue weighted by Gasteiger charge is 2.35. The molecule has 23 heavy (non-hydrogen) atoms. The van der Waals surface area contributed by atoms with E-state index in [0.29, 0.717) is 18.4 Å². The summed E-state index contributed by atoms with van der Waals surface area (Å²) >= 11 is 0. The summed E-state index contributed by atoms with van der Waals surface area (Å²) in [6.45, 7) is 8.19. The normalized spacial score (nSPS) is 29.0. The lowest BCUT2D eigenvalue weighted by Gasteiger charge is -2.33. The zero-order chi connectivity index (χ0) is 17.4. The molecular formula is C20H30O3. The first-order valence-corrected chi connectivity index (χ1v) is 8.48. The van der Waals surface area contributed by atoms with Crippen LogP contribution in [0.2, 0.25) is 0 Å². The Hall–Kier alpha value is -1.48. The molecular weight excluding hydrogens is 288 g/mol. The second kappa shape index (κ2) is 9.61. The lowest BCUT2D eigenvalue weighted by atomic mass is 9.73. The minimum atomic E-state index is -0.607. The number of aliphatic hydroxyl groups is 1. The van der Waals surface area contributed by atoms with Crippen LogP contribution in [0, 0.1) is 17.8 Å². The third kappa shape index (κ3) is 5.91. The van der Waals surface area contributed by atoms with Gasteiger partial charge < -0.3 is 9.90 Å². The Bertz CT molecular complexity index is 495. The number of rotatable bonds is 6. The van der Waals surface area contributed by atoms with Crippen molar-refractivity contribution in [1.82, 2.24) is 0 Å². The van der Waals surface area contributed by atoms with Gasteiger partial charge in [-0.1, -0.05) is 36.3 Å². The number of hydrogen-bond acceptors (Lipinski definition) is 3. The van der Waals surface area contributed by atoms with Gasteiger partial charge in [-0.25, -0.2) is 0 Å². The average molecular weight is 318 g/mol. The molecule has 4 atom stereocenters. The summed E-state index contributed by atoms with van der Waals surface area (Å²) in [6, 6.07) is 0. The number of carbonyl (C=O) groups is 2. The summed E-state index contributed by atoms with van der Waals surface area (Å²) in [4.78, 5) is 23.1. The monoisotopic (exact) mass is 318 g/mol. The fourth-order valence-electron chi connectivity index (χ4n) is 3.40. The molecule has 0 saturated heterocycles. The number of hydrogen-bond donors (Lipinski definition) is 1. The summed E-state index contributed by atoms with van der Waals surface area (Å²) in [7, 11) is 0. The van der Waals surface area contributed by atoms with Crippen molar-refractivity contribution >= 4 is 12.6 Å². The molecule has 1 N–H and O–H groups in total. The van der Waals surface area contributed by atoms with E-state index >= 15 is 0 Å². The summed E-state index contributed by atoms with van der Waals surface area (Å²) in [6.07, 6.45) is 10.0. The van der Waals surface area contributed by atoms with Crippen molar-refractivity contribution in [2.75, 3.05) is 0 Å². The molecule has 0 bridgehead atoms. The van der Waals surface area contributed by atoms with E-state index in [1.54, 1.807) is 0 Å². The maximum atomic E-state index is 11.7. The summed E-state index contributed by atoms with van der Waals surface area (Å²) < 4.78 is 0. The minimum Gasteiger partial charge on any atom is -0.392 e. The predicted octanol–water partition coefficient (Wildman–Crippen LogP) is 4.03. The fourth-order valence-corrected chi connectivity index (χ4v) is 3.40. The van der Waals surface area contributed by atoms with Gasteiger partial charge in [-0.15, -0.1) is 0 Å². The summed E-state index contributed by atoms with van der Waals surface area (Å²) in [5.74, 6) is -0.593. The van der Waals surface area contributed by atoms with Crippen molar-refractivity contribution in [3.05, 3.63) is 34.9 Å². The third-order valence-corrected chi connectivity index (χ3v) is 4.71. The van der Waals surface area contributed by atoms with E-state index in [4.69, 9.17) is 0 Å². The Balaban J connectivity index is 3.07. The van der Waals surface area contributed by atoms with Crippen molar-refractivity contribution in [3.8, 4) is 0 Å². The molecule has 0 heterocycles. The summed E-state index contributed by atoms with van der Waals surface area (Å²) in [5.41, 5.74) is 2.88. The number of allylic oxidation sites excluding steroid dienone is 5. The van der Waals surface area contributed by atoms with Crippen LogP contribution in [0.5, 0.6) is 0 Å². The molecule has 0 amide bonds. The first kappa shape index (κ1) is 19.6. The Labute approximate surface area is 140 Å². The van der Waals surface area contributed by atoms with Gasteiger partial charge in [0.2, 0.25) is 0 Å². The quantitative estimate of drug-likeness (QED) is 0.594. The number of aliphatic hydroxyl groups excluding tert-OH is 1. The van der Waals surface area contributed by atoms with Gasteiger partial charge in [0.05, 0.1) is 6.10 Å². The standard InChI is InChI=1S/C20H30O3/c1-14(2)7-5-9-16(4)20-18(13-22)17(12-21)10-6-8-15(3)11-19(20)23/h7-8,10,12-13,16,18-20,23H,5-6,9,11H2,1-4H3/b15-8-,17-10?/t16-,18-,19-,20+/m1/s1. The van der Waals surface area contributed by atoms with E-state index in [0.717, 1.165) is 31.0 Å². The zero-order valence-electron chi connectivity index (χ0n) is 14.8. The van der Waals surface area contributed by atoms with Gasteiger partial charge in [-0.05, 0) is 57.9 Å². The van der Waals surface area contributed by atoms with E-state index in [9.17, 15) is 14.7 Å². The highest BCUT2D eigenvalue weighted by atomic mass is 16.3. The van der Waals surface area contributed by atoms with E-state index in [-0.39, 0.29) is 11.8 Å². The molecule has 1 rings (SSSR count). The molecule has 0 saturated carbocycles. The Morgan fingerprint density at radius 3 is 2.61 bits per heavy atom. The SMILES string of the molecule is CC(C)=CCC[C@@H](C)[C@@H]1[C@H](O)C/C(C)=C\CC=C(C=O)[C@H]1C=O. The second-order valence-corrected chi connectivity index (χ2v) is 6.95. The zero-order valence-corrected chi connectivity index (χ0v) is 14.8. The molecule has 0 radical (unpaired) electrons. The van der Waals surface area contributed by atoms with Crippen LogP contribution in [-0.4, -0.2) is 23.8 Å². The van der Waals surface area contributed by atoms with Gasteiger partial charge in [0.15, 0.2) is 0 Å². The maximum Gasteiger partial charge on any atom is 0.146 e. The predicted molar refractivity (Wildman–Crippen MR) is 94.0 cm³/mol.